The minimum Gasteiger partial charge on any atom is -0.306 e. The van der Waals surface area contributed by atoms with Crippen molar-refractivity contribution in [2.75, 3.05) is 20.1 Å². The Bertz CT molecular complexity index is 70.8. The van der Waals surface area contributed by atoms with E-state index < -0.39 is 0 Å². The van der Waals surface area contributed by atoms with E-state index in [2.05, 4.69) is 18.9 Å². The summed E-state index contributed by atoms with van der Waals surface area (Å²) in [6.45, 7) is 6.42. The van der Waals surface area contributed by atoms with Crippen molar-refractivity contribution in [3.63, 3.8) is 0 Å². The number of hydrogen-bond acceptors (Lipinski definition) is 1. The molecule has 1 nitrogen and oxygen atoms in total. The zero-order valence-electron chi connectivity index (χ0n) is 5.56. The van der Waals surface area contributed by atoms with E-state index in [4.69, 9.17) is 0 Å². The van der Waals surface area contributed by atoms with Gasteiger partial charge in [-0.3, -0.25) is 0 Å². The largest absolute Gasteiger partial charge is 0.306 e. The fourth-order valence-electron chi connectivity index (χ4n) is 1.26. The van der Waals surface area contributed by atoms with Gasteiger partial charge in [-0.1, -0.05) is 6.92 Å². The highest BCUT2D eigenvalue weighted by Gasteiger charge is 2.16. The SMILES string of the molecule is [CH2]CC1CCN(C)C1. The molecule has 0 aromatic rings. The second kappa shape index (κ2) is 2.49. The van der Waals surface area contributed by atoms with E-state index in [-0.39, 0.29) is 0 Å². The molecule has 0 aliphatic carbocycles. The van der Waals surface area contributed by atoms with Gasteiger partial charge in [0.2, 0.25) is 0 Å². The highest BCUT2D eigenvalue weighted by Crippen LogP contribution is 2.16. The quantitative estimate of drug-likeness (QED) is 0.492. The minimum absolute atomic E-state index is 0.889. The Kier molecular flexibility index (Phi) is 1.90. The Hall–Kier alpha value is -0.0400. The van der Waals surface area contributed by atoms with Crippen LogP contribution in [0.2, 0.25) is 0 Å². The summed E-state index contributed by atoms with van der Waals surface area (Å²) >= 11 is 0. The van der Waals surface area contributed by atoms with Crippen molar-refractivity contribution < 1.29 is 0 Å². The summed E-state index contributed by atoms with van der Waals surface area (Å²) in [5.74, 6) is 0.889. The zero-order chi connectivity index (χ0) is 5.98. The molecule has 1 rings (SSSR count). The highest BCUT2D eigenvalue weighted by atomic mass is 15.1. The minimum atomic E-state index is 0.889. The lowest BCUT2D eigenvalue weighted by atomic mass is 10.1. The van der Waals surface area contributed by atoms with Crippen molar-refractivity contribution in [2.24, 2.45) is 5.92 Å². The lowest BCUT2D eigenvalue weighted by molar-refractivity contribution is 0.395. The molecule has 1 aliphatic heterocycles. The first-order valence-corrected chi connectivity index (χ1v) is 3.30. The van der Waals surface area contributed by atoms with Gasteiger partial charge in [0.1, 0.15) is 0 Å². The molecule has 1 fully saturated rings. The fraction of sp³-hybridized carbons (Fsp3) is 0.857. The third-order valence-electron chi connectivity index (χ3n) is 1.90. The van der Waals surface area contributed by atoms with Crippen LogP contribution >= 0.6 is 0 Å². The van der Waals surface area contributed by atoms with Crippen LogP contribution in [0.3, 0.4) is 0 Å². The molecule has 0 aromatic heterocycles. The van der Waals surface area contributed by atoms with Crippen LogP contribution in [0.5, 0.6) is 0 Å². The number of hydrogen-bond donors (Lipinski definition) is 0. The summed E-state index contributed by atoms with van der Waals surface area (Å²) < 4.78 is 0. The fourth-order valence-corrected chi connectivity index (χ4v) is 1.26. The normalized spacial score (nSPS) is 31.5. The van der Waals surface area contributed by atoms with Gasteiger partial charge in [0.25, 0.3) is 0 Å². The van der Waals surface area contributed by atoms with Gasteiger partial charge in [-0.2, -0.15) is 0 Å². The summed E-state index contributed by atoms with van der Waals surface area (Å²) in [5, 5.41) is 0. The first-order valence-electron chi connectivity index (χ1n) is 3.30. The van der Waals surface area contributed by atoms with Gasteiger partial charge in [0.05, 0.1) is 0 Å². The predicted molar refractivity (Wildman–Crippen MR) is 35.6 cm³/mol. The van der Waals surface area contributed by atoms with Gasteiger partial charge in [-0.05, 0) is 32.4 Å². The number of rotatable bonds is 1. The topological polar surface area (TPSA) is 3.24 Å². The second-order valence-corrected chi connectivity index (χ2v) is 2.71. The van der Waals surface area contributed by atoms with Crippen LogP contribution < -0.4 is 0 Å². The standard InChI is InChI=1S/C7H14N/c1-3-7-4-5-8(2)6-7/h7H,1,3-6H2,2H3. The van der Waals surface area contributed by atoms with E-state index in [0.29, 0.717) is 0 Å². The predicted octanol–water partition coefficient (Wildman–Crippen LogP) is 1.16. The zero-order valence-corrected chi connectivity index (χ0v) is 5.56. The molecular weight excluding hydrogens is 98.1 g/mol. The van der Waals surface area contributed by atoms with Crippen LogP contribution in [-0.2, 0) is 0 Å². The summed E-state index contributed by atoms with van der Waals surface area (Å²) in [7, 11) is 2.18. The molecule has 0 saturated carbocycles. The molecular formula is C7H14N. The number of nitrogens with zero attached hydrogens (tertiary/aromatic N) is 1. The van der Waals surface area contributed by atoms with E-state index in [1.807, 2.05) is 0 Å². The van der Waals surface area contributed by atoms with E-state index in [1.165, 1.54) is 19.5 Å². The van der Waals surface area contributed by atoms with Gasteiger partial charge in [0.15, 0.2) is 0 Å². The van der Waals surface area contributed by atoms with E-state index in [9.17, 15) is 0 Å². The first kappa shape index (κ1) is 6.09. The monoisotopic (exact) mass is 112 g/mol. The van der Waals surface area contributed by atoms with Crippen molar-refractivity contribution in [2.45, 2.75) is 12.8 Å². The van der Waals surface area contributed by atoms with Gasteiger partial charge in [-0.15, -0.1) is 0 Å². The van der Waals surface area contributed by atoms with Crippen LogP contribution in [0, 0.1) is 12.8 Å². The Morgan fingerprint density at radius 1 is 1.75 bits per heavy atom. The second-order valence-electron chi connectivity index (χ2n) is 2.71. The lowest BCUT2D eigenvalue weighted by Crippen LogP contribution is -2.13. The maximum absolute atomic E-state index is 3.88. The Labute approximate surface area is 51.7 Å². The van der Waals surface area contributed by atoms with E-state index in [0.717, 1.165) is 12.3 Å². The summed E-state index contributed by atoms with van der Waals surface area (Å²) in [6.07, 6.45) is 2.48. The van der Waals surface area contributed by atoms with Crippen molar-refractivity contribution in [1.29, 1.82) is 0 Å². The third kappa shape index (κ3) is 1.22. The molecule has 0 N–H and O–H groups in total. The molecule has 1 atom stereocenters. The summed E-state index contributed by atoms with van der Waals surface area (Å²) in [5.41, 5.74) is 0. The number of likely N-dealkylation sites (tertiary alicyclic amines) is 1. The molecule has 1 heteroatoms. The van der Waals surface area contributed by atoms with Crippen LogP contribution in [0.15, 0.2) is 0 Å². The molecule has 0 spiro atoms. The molecule has 8 heavy (non-hydrogen) atoms. The Balaban J connectivity index is 2.22. The molecule has 1 radical (unpaired) electrons. The first-order chi connectivity index (χ1) is 3.83. The van der Waals surface area contributed by atoms with Crippen molar-refractivity contribution in [3.8, 4) is 0 Å². The van der Waals surface area contributed by atoms with E-state index >= 15 is 0 Å². The molecule has 1 unspecified atom stereocenters. The van der Waals surface area contributed by atoms with Gasteiger partial charge in [-0.25, -0.2) is 0 Å². The summed E-state index contributed by atoms with van der Waals surface area (Å²) in [4.78, 5) is 2.37. The van der Waals surface area contributed by atoms with Crippen LogP contribution in [0.1, 0.15) is 12.8 Å². The lowest BCUT2D eigenvalue weighted by Gasteiger charge is -2.05. The van der Waals surface area contributed by atoms with Gasteiger partial charge in [0, 0.05) is 6.54 Å². The molecule has 0 amide bonds. The van der Waals surface area contributed by atoms with Gasteiger partial charge >= 0.3 is 0 Å². The molecule has 1 heterocycles. The van der Waals surface area contributed by atoms with E-state index in [1.54, 1.807) is 0 Å². The highest BCUT2D eigenvalue weighted by molar-refractivity contribution is 4.72. The molecule has 1 aliphatic rings. The van der Waals surface area contributed by atoms with Crippen molar-refractivity contribution in [3.05, 3.63) is 6.92 Å². The average molecular weight is 112 g/mol. The molecule has 0 aromatic carbocycles. The Morgan fingerprint density at radius 2 is 2.50 bits per heavy atom. The van der Waals surface area contributed by atoms with Crippen LogP contribution in [0.25, 0.3) is 0 Å². The molecule has 0 bridgehead atoms. The van der Waals surface area contributed by atoms with Crippen LogP contribution in [0.4, 0.5) is 0 Å². The molecule has 47 valence electrons. The smallest absolute Gasteiger partial charge is 0.000708 e. The maximum Gasteiger partial charge on any atom is 0.000708 e. The Morgan fingerprint density at radius 3 is 2.75 bits per heavy atom. The average Bonchev–Trinajstić information content (AvgIpc) is 2.14. The van der Waals surface area contributed by atoms with Crippen LogP contribution in [-0.4, -0.2) is 25.0 Å². The van der Waals surface area contributed by atoms with Gasteiger partial charge < -0.3 is 4.90 Å². The third-order valence-corrected chi connectivity index (χ3v) is 1.90. The van der Waals surface area contributed by atoms with Crippen molar-refractivity contribution >= 4 is 0 Å². The molecule has 1 saturated heterocycles. The maximum atomic E-state index is 3.88. The van der Waals surface area contributed by atoms with Crippen molar-refractivity contribution in [1.82, 2.24) is 4.90 Å². The summed E-state index contributed by atoms with van der Waals surface area (Å²) in [6, 6.07) is 0.